The van der Waals surface area contributed by atoms with E-state index in [2.05, 4.69) is 10.1 Å². The van der Waals surface area contributed by atoms with Gasteiger partial charge in [-0.15, -0.1) is 0 Å². The average molecular weight is 379 g/mol. The van der Waals surface area contributed by atoms with E-state index >= 15 is 0 Å². The number of nitrogens with zero attached hydrogens (tertiary/aromatic N) is 3. The lowest BCUT2D eigenvalue weighted by Crippen LogP contribution is -2.27. The number of aromatic nitrogens is 1. The number of phenols is 1. The molecule has 27 heavy (non-hydrogen) atoms. The number of para-hydroxylation sites is 1. The van der Waals surface area contributed by atoms with Crippen molar-refractivity contribution in [3.05, 3.63) is 90.3 Å². The quantitative estimate of drug-likeness (QED) is 0.754. The van der Waals surface area contributed by atoms with Gasteiger partial charge in [0.1, 0.15) is 5.75 Å². The number of sulfonamides is 1. The van der Waals surface area contributed by atoms with Crippen LogP contribution in [0.4, 0.5) is 0 Å². The van der Waals surface area contributed by atoms with Crippen molar-refractivity contribution in [1.29, 1.82) is 0 Å². The lowest BCUT2D eigenvalue weighted by molar-refractivity contribution is 0.358. The highest BCUT2D eigenvalue weighted by atomic mass is 32.2. The minimum atomic E-state index is -3.89. The zero-order valence-electron chi connectivity index (χ0n) is 14.3. The molecule has 0 aliphatic carbocycles. The van der Waals surface area contributed by atoms with E-state index in [-0.39, 0.29) is 10.6 Å². The van der Waals surface area contributed by atoms with E-state index in [0.717, 1.165) is 4.41 Å². The van der Waals surface area contributed by atoms with Crippen molar-refractivity contribution in [2.75, 3.05) is 0 Å². The van der Waals surface area contributed by atoms with Gasteiger partial charge in [-0.2, -0.15) is 17.9 Å². The molecule has 4 rings (SSSR count). The van der Waals surface area contributed by atoms with Crippen molar-refractivity contribution >= 4 is 15.7 Å². The van der Waals surface area contributed by atoms with Gasteiger partial charge in [0.2, 0.25) is 0 Å². The summed E-state index contributed by atoms with van der Waals surface area (Å²) in [4.78, 5) is 4.44. The molecular formula is C20H17N3O3S. The smallest absolute Gasteiger partial charge is 0.279 e. The molecule has 0 fully saturated rings. The molecule has 1 atom stereocenters. The van der Waals surface area contributed by atoms with Crippen LogP contribution in [0.15, 0.2) is 89.0 Å². The van der Waals surface area contributed by atoms with Crippen molar-refractivity contribution in [1.82, 2.24) is 9.40 Å². The average Bonchev–Trinajstić information content (AvgIpc) is 3.16. The van der Waals surface area contributed by atoms with E-state index in [9.17, 15) is 13.5 Å². The molecule has 0 amide bonds. The van der Waals surface area contributed by atoms with Crippen LogP contribution in [0.2, 0.25) is 0 Å². The lowest BCUT2D eigenvalue weighted by Gasteiger charge is -2.24. The highest BCUT2D eigenvalue weighted by molar-refractivity contribution is 7.89. The number of hydrogen-bond donors (Lipinski definition) is 1. The molecule has 0 radical (unpaired) electrons. The van der Waals surface area contributed by atoms with Crippen LogP contribution < -0.4 is 0 Å². The lowest BCUT2D eigenvalue weighted by atomic mass is 10.0. The number of aromatic hydroxyl groups is 1. The summed E-state index contributed by atoms with van der Waals surface area (Å²) in [5, 5.41) is 14.7. The standard InChI is InChI=1S/C20H17N3O3S/c24-20-12-5-4-10-16(20)19-14-18(17-11-6-7-13-21-17)22-23(19)27(25,26)15-8-2-1-3-9-15/h1-13,19,24H,14H2. The van der Waals surface area contributed by atoms with Crippen molar-refractivity contribution in [3.63, 3.8) is 0 Å². The summed E-state index contributed by atoms with van der Waals surface area (Å²) in [6.07, 6.45) is 1.96. The van der Waals surface area contributed by atoms with Gasteiger partial charge in [0.25, 0.3) is 10.0 Å². The zero-order chi connectivity index (χ0) is 18.9. The second kappa shape index (κ2) is 6.85. The first-order valence-corrected chi connectivity index (χ1v) is 9.87. The molecule has 2 heterocycles. The van der Waals surface area contributed by atoms with Crippen molar-refractivity contribution < 1.29 is 13.5 Å². The van der Waals surface area contributed by atoms with Crippen molar-refractivity contribution in [3.8, 4) is 5.75 Å². The first-order chi connectivity index (χ1) is 13.1. The Labute approximate surface area is 157 Å². The summed E-state index contributed by atoms with van der Waals surface area (Å²) < 4.78 is 27.5. The third kappa shape index (κ3) is 3.17. The molecule has 7 heteroatoms. The first kappa shape index (κ1) is 17.2. The summed E-state index contributed by atoms with van der Waals surface area (Å²) >= 11 is 0. The highest BCUT2D eigenvalue weighted by Crippen LogP contribution is 2.39. The molecule has 1 unspecified atom stereocenters. The van der Waals surface area contributed by atoms with Crippen LogP contribution in [0, 0.1) is 0 Å². The fraction of sp³-hybridized carbons (Fsp3) is 0.100. The van der Waals surface area contributed by atoms with Crippen molar-refractivity contribution in [2.24, 2.45) is 5.10 Å². The minimum Gasteiger partial charge on any atom is -0.508 e. The zero-order valence-corrected chi connectivity index (χ0v) is 15.1. The van der Waals surface area contributed by atoms with E-state index in [0.29, 0.717) is 23.4 Å². The van der Waals surface area contributed by atoms with Crippen LogP contribution in [-0.4, -0.2) is 28.6 Å². The maximum atomic E-state index is 13.2. The SMILES string of the molecule is O=S(=O)(c1ccccc1)N1N=C(c2ccccn2)CC1c1ccccc1O. The third-order valence-corrected chi connectivity index (χ3v) is 6.11. The molecule has 1 aromatic heterocycles. The summed E-state index contributed by atoms with van der Waals surface area (Å²) in [5.74, 6) is 0.0354. The molecule has 0 bridgehead atoms. The Morgan fingerprint density at radius 3 is 2.33 bits per heavy atom. The fourth-order valence-corrected chi connectivity index (χ4v) is 4.55. The van der Waals surface area contributed by atoms with Crippen LogP contribution in [0.5, 0.6) is 5.75 Å². The van der Waals surface area contributed by atoms with Gasteiger partial charge in [-0.25, -0.2) is 0 Å². The third-order valence-electron chi connectivity index (χ3n) is 4.42. The molecule has 2 aromatic carbocycles. The maximum absolute atomic E-state index is 13.2. The van der Waals surface area contributed by atoms with Crippen LogP contribution in [-0.2, 0) is 10.0 Å². The monoisotopic (exact) mass is 379 g/mol. The summed E-state index contributed by atoms with van der Waals surface area (Å²) in [6, 6.07) is 19.6. The summed E-state index contributed by atoms with van der Waals surface area (Å²) in [7, 11) is -3.89. The van der Waals surface area contributed by atoms with Crippen LogP contribution in [0.1, 0.15) is 23.7 Å². The molecule has 3 aromatic rings. The number of benzene rings is 2. The molecule has 1 aliphatic heterocycles. The van der Waals surface area contributed by atoms with E-state index in [1.54, 1.807) is 60.8 Å². The number of pyridine rings is 1. The molecule has 0 saturated carbocycles. The molecule has 1 N–H and O–H groups in total. The number of rotatable bonds is 4. The van der Waals surface area contributed by atoms with Crippen molar-refractivity contribution in [2.45, 2.75) is 17.4 Å². The molecule has 136 valence electrons. The van der Waals surface area contributed by atoms with Gasteiger partial charge < -0.3 is 5.11 Å². The topological polar surface area (TPSA) is 82.9 Å². The molecular weight excluding hydrogens is 362 g/mol. The number of phenolic OH excluding ortho intramolecular Hbond substituents is 1. The predicted octanol–water partition coefficient (Wildman–Crippen LogP) is 3.33. The predicted molar refractivity (Wildman–Crippen MR) is 102 cm³/mol. The summed E-state index contributed by atoms with van der Waals surface area (Å²) in [5.41, 5.74) is 1.68. The number of hydrazone groups is 1. The Hall–Kier alpha value is -3.19. The van der Waals surface area contributed by atoms with Gasteiger partial charge in [0, 0.05) is 18.2 Å². The van der Waals surface area contributed by atoms with Gasteiger partial charge in [-0.1, -0.05) is 42.5 Å². The molecule has 0 saturated heterocycles. The van der Waals surface area contributed by atoms with E-state index in [1.807, 2.05) is 6.07 Å². The van der Waals surface area contributed by atoms with E-state index in [1.165, 1.54) is 12.1 Å². The largest absolute Gasteiger partial charge is 0.508 e. The van der Waals surface area contributed by atoms with Gasteiger partial charge >= 0.3 is 0 Å². The minimum absolute atomic E-state index is 0.0354. The second-order valence-electron chi connectivity index (χ2n) is 6.13. The van der Waals surface area contributed by atoms with Crippen LogP contribution in [0.25, 0.3) is 0 Å². The first-order valence-electron chi connectivity index (χ1n) is 8.43. The van der Waals surface area contributed by atoms with Crippen LogP contribution >= 0.6 is 0 Å². The van der Waals surface area contributed by atoms with E-state index < -0.39 is 16.1 Å². The Morgan fingerprint density at radius 2 is 1.63 bits per heavy atom. The number of hydrogen-bond acceptors (Lipinski definition) is 5. The van der Waals surface area contributed by atoms with Gasteiger partial charge in [-0.3, -0.25) is 4.98 Å². The Balaban J connectivity index is 1.83. The van der Waals surface area contributed by atoms with Gasteiger partial charge in [-0.05, 0) is 30.3 Å². The second-order valence-corrected chi connectivity index (χ2v) is 7.93. The van der Waals surface area contributed by atoms with E-state index in [4.69, 9.17) is 0 Å². The Morgan fingerprint density at radius 1 is 0.926 bits per heavy atom. The Bertz CT molecular complexity index is 1080. The fourth-order valence-electron chi connectivity index (χ4n) is 3.10. The summed E-state index contributed by atoms with van der Waals surface area (Å²) in [6.45, 7) is 0. The van der Waals surface area contributed by atoms with Crippen LogP contribution in [0.3, 0.4) is 0 Å². The Kier molecular flexibility index (Phi) is 4.37. The normalized spacial score (nSPS) is 17.0. The molecule has 1 aliphatic rings. The van der Waals surface area contributed by atoms with Gasteiger partial charge in [0.05, 0.1) is 22.3 Å². The highest BCUT2D eigenvalue weighted by Gasteiger charge is 2.39. The molecule has 6 nitrogen and oxygen atoms in total. The molecule has 0 spiro atoms. The van der Waals surface area contributed by atoms with Gasteiger partial charge in [0.15, 0.2) is 0 Å². The maximum Gasteiger partial charge on any atom is 0.279 e.